The summed E-state index contributed by atoms with van der Waals surface area (Å²) in [6.07, 6.45) is 5.93. The number of amides is 1. The fourth-order valence-electron chi connectivity index (χ4n) is 3.09. The first-order valence-electron chi connectivity index (χ1n) is 8.26. The van der Waals surface area contributed by atoms with Crippen LogP contribution in [0.15, 0.2) is 47.6 Å². The molecule has 0 atom stereocenters. The van der Waals surface area contributed by atoms with E-state index in [0.29, 0.717) is 5.92 Å². The number of likely N-dealkylation sites (tertiary alicyclic amines) is 1. The molecular weight excluding hydrogens is 306 g/mol. The summed E-state index contributed by atoms with van der Waals surface area (Å²) in [6, 6.07) is 9.92. The number of hydrogen-bond acceptors (Lipinski definition) is 3. The second-order valence-corrected chi connectivity index (χ2v) is 7.20. The van der Waals surface area contributed by atoms with Gasteiger partial charge in [0, 0.05) is 36.9 Å². The van der Waals surface area contributed by atoms with Crippen molar-refractivity contribution in [2.24, 2.45) is 5.92 Å². The predicted molar refractivity (Wildman–Crippen MR) is 93.7 cm³/mol. The Morgan fingerprint density at radius 2 is 2.04 bits per heavy atom. The third-order valence-electron chi connectivity index (χ3n) is 4.32. The molecule has 2 heterocycles. The molecule has 1 aliphatic rings. The number of carbonyl (C=O) groups is 1. The number of piperidine rings is 1. The van der Waals surface area contributed by atoms with Crippen molar-refractivity contribution < 1.29 is 4.79 Å². The molecule has 3 rings (SSSR count). The summed E-state index contributed by atoms with van der Waals surface area (Å²) in [5, 5.41) is 4.28. The van der Waals surface area contributed by atoms with Gasteiger partial charge < -0.3 is 4.90 Å². The fraction of sp³-hybridized carbons (Fsp3) is 0.444. The lowest BCUT2D eigenvalue weighted by molar-refractivity contribution is 0.0678. The largest absolute Gasteiger partial charge is 0.339 e. The molecule has 1 saturated heterocycles. The number of hydrogen-bond donors (Lipinski definition) is 0. The molecular formula is C18H23N3OS. The van der Waals surface area contributed by atoms with Crippen LogP contribution in [-0.2, 0) is 6.54 Å². The number of thioether (sulfide) groups is 1. The lowest BCUT2D eigenvalue weighted by atomic mass is 9.96. The van der Waals surface area contributed by atoms with Crippen molar-refractivity contribution in [2.75, 3.05) is 18.8 Å². The van der Waals surface area contributed by atoms with E-state index in [1.165, 1.54) is 0 Å². The van der Waals surface area contributed by atoms with Gasteiger partial charge in [0.15, 0.2) is 0 Å². The molecule has 5 heteroatoms. The SMILES string of the molecule is CCSc1ccccc1C(=O)N1CCC(Cn2cccn2)CC1. The van der Waals surface area contributed by atoms with Crippen molar-refractivity contribution in [2.45, 2.75) is 31.2 Å². The predicted octanol–water partition coefficient (Wildman–Crippen LogP) is 3.55. The molecule has 1 fully saturated rings. The van der Waals surface area contributed by atoms with E-state index in [1.807, 2.05) is 52.3 Å². The minimum atomic E-state index is 0.180. The Hall–Kier alpha value is -1.75. The zero-order valence-corrected chi connectivity index (χ0v) is 14.3. The third-order valence-corrected chi connectivity index (χ3v) is 5.28. The normalized spacial score (nSPS) is 15.8. The molecule has 0 bridgehead atoms. The maximum atomic E-state index is 12.8. The van der Waals surface area contributed by atoms with Crippen molar-refractivity contribution in [3.05, 3.63) is 48.3 Å². The standard InChI is InChI=1S/C18H23N3OS/c1-2-23-17-7-4-3-6-16(17)18(22)20-12-8-15(9-13-20)14-21-11-5-10-19-21/h3-7,10-11,15H,2,8-9,12-14H2,1H3. The van der Waals surface area contributed by atoms with Gasteiger partial charge in [-0.3, -0.25) is 9.48 Å². The topological polar surface area (TPSA) is 38.1 Å². The van der Waals surface area contributed by atoms with Crippen molar-refractivity contribution in [1.82, 2.24) is 14.7 Å². The van der Waals surface area contributed by atoms with Gasteiger partial charge in [-0.15, -0.1) is 11.8 Å². The summed E-state index contributed by atoms with van der Waals surface area (Å²) in [4.78, 5) is 15.9. The molecule has 2 aromatic rings. The van der Waals surface area contributed by atoms with Crippen LogP contribution < -0.4 is 0 Å². The Morgan fingerprint density at radius 3 is 2.74 bits per heavy atom. The van der Waals surface area contributed by atoms with Gasteiger partial charge in [0.25, 0.3) is 5.91 Å². The molecule has 0 radical (unpaired) electrons. The highest BCUT2D eigenvalue weighted by Gasteiger charge is 2.25. The first-order valence-corrected chi connectivity index (χ1v) is 9.25. The zero-order valence-electron chi connectivity index (χ0n) is 13.5. The maximum Gasteiger partial charge on any atom is 0.254 e. The number of rotatable bonds is 5. The zero-order chi connectivity index (χ0) is 16.1. The van der Waals surface area contributed by atoms with Crippen LogP contribution in [0.5, 0.6) is 0 Å². The van der Waals surface area contributed by atoms with Crippen molar-refractivity contribution in [1.29, 1.82) is 0 Å². The Labute approximate surface area is 141 Å². The molecule has 4 nitrogen and oxygen atoms in total. The molecule has 0 N–H and O–H groups in total. The molecule has 0 aliphatic carbocycles. The Morgan fingerprint density at radius 1 is 1.26 bits per heavy atom. The Kier molecular flexibility index (Phi) is 5.39. The van der Waals surface area contributed by atoms with E-state index in [9.17, 15) is 4.79 Å². The molecule has 1 aromatic heterocycles. The van der Waals surface area contributed by atoms with Gasteiger partial charge in [0.05, 0.1) is 5.56 Å². The van der Waals surface area contributed by atoms with Crippen LogP contribution in [0.2, 0.25) is 0 Å². The monoisotopic (exact) mass is 329 g/mol. The molecule has 0 unspecified atom stereocenters. The van der Waals surface area contributed by atoms with Crippen LogP contribution >= 0.6 is 11.8 Å². The first-order chi connectivity index (χ1) is 11.3. The molecule has 1 amide bonds. The smallest absolute Gasteiger partial charge is 0.254 e. The first kappa shape index (κ1) is 16.1. The maximum absolute atomic E-state index is 12.8. The van der Waals surface area contributed by atoms with E-state index in [0.717, 1.165) is 48.7 Å². The van der Waals surface area contributed by atoms with Gasteiger partial charge in [0.2, 0.25) is 0 Å². The van der Waals surface area contributed by atoms with Crippen LogP contribution in [0, 0.1) is 5.92 Å². The number of aromatic nitrogens is 2. The highest BCUT2D eigenvalue weighted by Crippen LogP contribution is 2.26. The minimum absolute atomic E-state index is 0.180. The van der Waals surface area contributed by atoms with E-state index >= 15 is 0 Å². The van der Waals surface area contributed by atoms with Crippen LogP contribution in [0.4, 0.5) is 0 Å². The lowest BCUT2D eigenvalue weighted by Gasteiger charge is -2.32. The Bertz CT molecular complexity index is 633. The van der Waals surface area contributed by atoms with Crippen molar-refractivity contribution in [3.63, 3.8) is 0 Å². The highest BCUT2D eigenvalue weighted by atomic mass is 32.2. The van der Waals surface area contributed by atoms with Gasteiger partial charge in [-0.1, -0.05) is 19.1 Å². The van der Waals surface area contributed by atoms with Crippen LogP contribution in [-0.4, -0.2) is 39.4 Å². The molecule has 0 saturated carbocycles. The molecule has 1 aromatic carbocycles. The van der Waals surface area contributed by atoms with Crippen molar-refractivity contribution >= 4 is 17.7 Å². The van der Waals surface area contributed by atoms with Crippen molar-refractivity contribution in [3.8, 4) is 0 Å². The summed E-state index contributed by atoms with van der Waals surface area (Å²) in [5.41, 5.74) is 0.852. The average molecular weight is 329 g/mol. The van der Waals surface area contributed by atoms with E-state index in [4.69, 9.17) is 0 Å². The van der Waals surface area contributed by atoms with Gasteiger partial charge in [0.1, 0.15) is 0 Å². The summed E-state index contributed by atoms with van der Waals surface area (Å²) < 4.78 is 2.00. The quantitative estimate of drug-likeness (QED) is 0.788. The van der Waals surface area contributed by atoms with Crippen LogP contribution in [0.3, 0.4) is 0 Å². The average Bonchev–Trinajstić information content (AvgIpc) is 3.09. The van der Waals surface area contributed by atoms with E-state index < -0.39 is 0 Å². The van der Waals surface area contributed by atoms with Gasteiger partial charge in [-0.2, -0.15) is 5.10 Å². The number of nitrogens with zero attached hydrogens (tertiary/aromatic N) is 3. The molecule has 0 spiro atoms. The van der Waals surface area contributed by atoms with E-state index in [2.05, 4.69) is 12.0 Å². The summed E-state index contributed by atoms with van der Waals surface area (Å²) >= 11 is 1.74. The molecule has 23 heavy (non-hydrogen) atoms. The van der Waals surface area contributed by atoms with E-state index in [1.54, 1.807) is 11.8 Å². The second-order valence-electron chi connectivity index (χ2n) is 5.89. The Balaban J connectivity index is 1.60. The fourth-order valence-corrected chi connectivity index (χ4v) is 3.88. The highest BCUT2D eigenvalue weighted by molar-refractivity contribution is 7.99. The van der Waals surface area contributed by atoms with Gasteiger partial charge >= 0.3 is 0 Å². The molecule has 1 aliphatic heterocycles. The van der Waals surface area contributed by atoms with Gasteiger partial charge in [-0.25, -0.2) is 0 Å². The third kappa shape index (κ3) is 3.96. The van der Waals surface area contributed by atoms with E-state index in [-0.39, 0.29) is 5.91 Å². The number of carbonyl (C=O) groups excluding carboxylic acids is 1. The summed E-state index contributed by atoms with van der Waals surface area (Å²) in [7, 11) is 0. The molecule has 122 valence electrons. The minimum Gasteiger partial charge on any atom is -0.339 e. The summed E-state index contributed by atoms with van der Waals surface area (Å²) in [5.74, 6) is 1.77. The number of benzene rings is 1. The summed E-state index contributed by atoms with van der Waals surface area (Å²) in [6.45, 7) is 4.76. The second kappa shape index (κ2) is 7.68. The lowest BCUT2D eigenvalue weighted by Crippen LogP contribution is -2.39. The van der Waals surface area contributed by atoms with Gasteiger partial charge in [-0.05, 0) is 42.7 Å². The van der Waals surface area contributed by atoms with Crippen LogP contribution in [0.25, 0.3) is 0 Å². The van der Waals surface area contributed by atoms with Crippen LogP contribution in [0.1, 0.15) is 30.1 Å².